The Morgan fingerprint density at radius 3 is 3.00 bits per heavy atom. The van der Waals surface area contributed by atoms with Crippen molar-refractivity contribution in [2.75, 3.05) is 5.32 Å². The van der Waals surface area contributed by atoms with Crippen LogP contribution in [0.1, 0.15) is 19.3 Å². The van der Waals surface area contributed by atoms with Gasteiger partial charge in [0.05, 0.1) is 6.20 Å². The van der Waals surface area contributed by atoms with Gasteiger partial charge in [0.1, 0.15) is 5.82 Å². The largest absolute Gasteiger partial charge is 0.350 e. The molecule has 0 saturated heterocycles. The third-order valence-electron chi connectivity index (χ3n) is 2.73. The van der Waals surface area contributed by atoms with Crippen LogP contribution >= 0.6 is 0 Å². The van der Waals surface area contributed by atoms with Crippen LogP contribution in [0.2, 0.25) is 0 Å². The van der Waals surface area contributed by atoms with E-state index < -0.39 is 0 Å². The summed E-state index contributed by atoms with van der Waals surface area (Å²) in [4.78, 5) is 4.25. The van der Waals surface area contributed by atoms with E-state index in [0.29, 0.717) is 17.6 Å². The van der Waals surface area contributed by atoms with Gasteiger partial charge in [-0.05, 0) is 31.4 Å². The lowest BCUT2D eigenvalue weighted by molar-refractivity contribution is 0.443. The molecule has 2 heterocycles. The average Bonchev–Trinajstić information content (AvgIpc) is 2.53. The summed E-state index contributed by atoms with van der Waals surface area (Å²) in [6.07, 6.45) is 4.93. The van der Waals surface area contributed by atoms with Crippen LogP contribution in [-0.2, 0) is 0 Å². The molecule has 1 saturated carbocycles. The molecular formula is C10H11FN4. The van der Waals surface area contributed by atoms with Gasteiger partial charge in [0.25, 0.3) is 0 Å². The fourth-order valence-corrected chi connectivity index (χ4v) is 1.65. The number of nitrogens with zero attached hydrogens (tertiary/aromatic N) is 3. The van der Waals surface area contributed by atoms with Gasteiger partial charge in [0, 0.05) is 6.04 Å². The van der Waals surface area contributed by atoms with E-state index in [0.717, 1.165) is 0 Å². The molecule has 1 N–H and O–H groups in total. The summed E-state index contributed by atoms with van der Waals surface area (Å²) in [6.45, 7) is 0. The van der Waals surface area contributed by atoms with Gasteiger partial charge < -0.3 is 5.32 Å². The Bertz CT molecular complexity index is 489. The molecule has 2 aromatic heterocycles. The maximum Gasteiger partial charge on any atom is 0.243 e. The first kappa shape index (κ1) is 8.64. The van der Waals surface area contributed by atoms with E-state index in [1.807, 2.05) is 0 Å². The first-order chi connectivity index (χ1) is 7.31. The zero-order valence-electron chi connectivity index (χ0n) is 8.15. The van der Waals surface area contributed by atoms with Crippen molar-refractivity contribution in [3.8, 4) is 0 Å². The molecular weight excluding hydrogens is 195 g/mol. The first-order valence-electron chi connectivity index (χ1n) is 5.10. The fraction of sp³-hybridized carbons (Fsp3) is 0.400. The van der Waals surface area contributed by atoms with Crippen LogP contribution in [0, 0.1) is 5.82 Å². The molecule has 2 aromatic rings. The highest BCUT2D eigenvalue weighted by atomic mass is 19.1. The minimum Gasteiger partial charge on any atom is -0.350 e. The molecule has 0 atom stereocenters. The maximum absolute atomic E-state index is 12.9. The Morgan fingerprint density at radius 1 is 1.40 bits per heavy atom. The van der Waals surface area contributed by atoms with E-state index in [1.165, 1.54) is 36.0 Å². The average molecular weight is 206 g/mol. The van der Waals surface area contributed by atoms with E-state index in [9.17, 15) is 4.39 Å². The van der Waals surface area contributed by atoms with Gasteiger partial charge in [0.15, 0.2) is 5.65 Å². The van der Waals surface area contributed by atoms with E-state index in [-0.39, 0.29) is 5.82 Å². The van der Waals surface area contributed by atoms with Gasteiger partial charge in [-0.1, -0.05) is 0 Å². The molecule has 1 aliphatic rings. The second-order valence-electron chi connectivity index (χ2n) is 3.86. The highest BCUT2D eigenvalue weighted by Gasteiger charge is 2.18. The Kier molecular flexibility index (Phi) is 1.83. The van der Waals surface area contributed by atoms with Gasteiger partial charge in [0.2, 0.25) is 5.95 Å². The molecule has 15 heavy (non-hydrogen) atoms. The second kappa shape index (κ2) is 3.18. The van der Waals surface area contributed by atoms with Crippen molar-refractivity contribution >= 4 is 11.6 Å². The lowest BCUT2D eigenvalue weighted by Crippen LogP contribution is -2.27. The summed E-state index contributed by atoms with van der Waals surface area (Å²) in [7, 11) is 0. The monoisotopic (exact) mass is 206 g/mol. The molecule has 1 fully saturated rings. The number of anilines is 1. The quantitative estimate of drug-likeness (QED) is 0.815. The number of fused-ring (bicyclic) bond motifs is 1. The molecule has 1 aliphatic carbocycles. The van der Waals surface area contributed by atoms with Gasteiger partial charge in [-0.15, -0.1) is 5.10 Å². The summed E-state index contributed by atoms with van der Waals surface area (Å²) >= 11 is 0. The first-order valence-corrected chi connectivity index (χ1v) is 5.10. The van der Waals surface area contributed by atoms with Crippen molar-refractivity contribution in [3.05, 3.63) is 24.1 Å². The molecule has 0 unspecified atom stereocenters. The number of hydrogen-bond acceptors (Lipinski definition) is 3. The van der Waals surface area contributed by atoms with Crippen molar-refractivity contribution in [1.29, 1.82) is 0 Å². The maximum atomic E-state index is 12.9. The minimum absolute atomic E-state index is 0.303. The third kappa shape index (κ3) is 1.54. The van der Waals surface area contributed by atoms with E-state index in [1.54, 1.807) is 6.07 Å². The summed E-state index contributed by atoms with van der Waals surface area (Å²) in [5.41, 5.74) is 0.665. The van der Waals surface area contributed by atoms with Crippen LogP contribution in [0.25, 0.3) is 5.65 Å². The number of hydrogen-bond donors (Lipinski definition) is 1. The SMILES string of the molecule is Fc1ccc2nc(NC3CCC3)nn2c1. The van der Waals surface area contributed by atoms with E-state index in [2.05, 4.69) is 15.4 Å². The van der Waals surface area contributed by atoms with Crippen LogP contribution < -0.4 is 5.32 Å². The van der Waals surface area contributed by atoms with Crippen molar-refractivity contribution in [2.45, 2.75) is 25.3 Å². The summed E-state index contributed by atoms with van der Waals surface area (Å²) in [6, 6.07) is 3.50. The van der Waals surface area contributed by atoms with E-state index in [4.69, 9.17) is 0 Å². The fourth-order valence-electron chi connectivity index (χ4n) is 1.65. The lowest BCUT2D eigenvalue weighted by atomic mass is 9.93. The summed E-state index contributed by atoms with van der Waals surface area (Å²) < 4.78 is 14.3. The second-order valence-corrected chi connectivity index (χ2v) is 3.86. The van der Waals surface area contributed by atoms with Crippen molar-refractivity contribution < 1.29 is 4.39 Å². The van der Waals surface area contributed by atoms with Crippen LogP contribution in [0.4, 0.5) is 10.3 Å². The number of pyridine rings is 1. The highest BCUT2D eigenvalue weighted by Crippen LogP contribution is 2.21. The minimum atomic E-state index is -0.303. The molecule has 0 amide bonds. The normalized spacial score (nSPS) is 16.6. The van der Waals surface area contributed by atoms with Crippen LogP contribution in [0.15, 0.2) is 18.3 Å². The molecule has 78 valence electrons. The molecule has 5 heteroatoms. The Morgan fingerprint density at radius 2 is 2.27 bits per heavy atom. The molecule has 4 nitrogen and oxygen atoms in total. The van der Waals surface area contributed by atoms with Crippen molar-refractivity contribution in [1.82, 2.24) is 14.6 Å². The van der Waals surface area contributed by atoms with Crippen LogP contribution in [0.5, 0.6) is 0 Å². The zero-order valence-corrected chi connectivity index (χ0v) is 8.15. The zero-order chi connectivity index (χ0) is 10.3. The summed E-state index contributed by atoms with van der Waals surface area (Å²) in [5, 5.41) is 7.37. The van der Waals surface area contributed by atoms with Crippen molar-refractivity contribution in [3.63, 3.8) is 0 Å². The van der Waals surface area contributed by atoms with Gasteiger partial charge in [-0.3, -0.25) is 0 Å². The van der Waals surface area contributed by atoms with Gasteiger partial charge in [-0.2, -0.15) is 4.98 Å². The van der Waals surface area contributed by atoms with Crippen LogP contribution in [-0.4, -0.2) is 20.6 Å². The smallest absolute Gasteiger partial charge is 0.243 e. The Hall–Kier alpha value is -1.65. The molecule has 0 radical (unpaired) electrons. The van der Waals surface area contributed by atoms with Crippen molar-refractivity contribution in [2.24, 2.45) is 0 Å². The van der Waals surface area contributed by atoms with Gasteiger partial charge >= 0.3 is 0 Å². The Balaban J connectivity index is 1.91. The topological polar surface area (TPSA) is 42.2 Å². The number of aromatic nitrogens is 3. The van der Waals surface area contributed by atoms with Gasteiger partial charge in [-0.25, -0.2) is 8.91 Å². The standard InChI is InChI=1S/C10H11FN4/c11-7-4-5-9-13-10(14-15(9)6-7)12-8-2-1-3-8/h4-6,8H,1-3H2,(H,12,14). The predicted octanol–water partition coefficient (Wildman–Crippen LogP) is 1.83. The Labute approximate surface area is 86.1 Å². The highest BCUT2D eigenvalue weighted by molar-refractivity contribution is 5.43. The number of nitrogens with one attached hydrogen (secondary N) is 1. The molecule has 3 rings (SSSR count). The number of halogens is 1. The predicted molar refractivity (Wildman–Crippen MR) is 54.2 cm³/mol. The molecule has 0 aromatic carbocycles. The summed E-state index contributed by atoms with van der Waals surface area (Å²) in [5.74, 6) is 0.285. The molecule has 0 spiro atoms. The molecule has 0 aliphatic heterocycles. The number of rotatable bonds is 2. The molecule has 0 bridgehead atoms. The van der Waals surface area contributed by atoms with E-state index >= 15 is 0 Å². The van der Waals surface area contributed by atoms with Crippen LogP contribution in [0.3, 0.4) is 0 Å². The lowest BCUT2D eigenvalue weighted by Gasteiger charge is -2.25. The third-order valence-corrected chi connectivity index (χ3v) is 2.73.